The molecule has 0 unspecified atom stereocenters. The topological polar surface area (TPSA) is 49.0 Å². The van der Waals surface area contributed by atoms with Crippen LogP contribution in [0.3, 0.4) is 0 Å². The zero-order valence-corrected chi connectivity index (χ0v) is 20.5. The van der Waals surface area contributed by atoms with Crippen molar-refractivity contribution in [3.8, 4) is 33.9 Å². The van der Waals surface area contributed by atoms with Crippen LogP contribution in [-0.2, 0) is 4.74 Å². The number of carbonyl (C=O) groups excluding carboxylic acids is 1. The first-order valence-electron chi connectivity index (χ1n) is 11.5. The predicted molar refractivity (Wildman–Crippen MR) is 139 cm³/mol. The number of hydrogen-bond acceptors (Lipinski definition) is 3. The summed E-state index contributed by atoms with van der Waals surface area (Å²) in [5, 5.41) is 0.642. The van der Waals surface area contributed by atoms with Gasteiger partial charge in [0.05, 0.1) is 29.9 Å². The smallest absolute Gasteiger partial charge is 0.339 e. The van der Waals surface area contributed by atoms with Crippen molar-refractivity contribution in [2.45, 2.75) is 13.8 Å². The van der Waals surface area contributed by atoms with Crippen LogP contribution in [0.25, 0.3) is 33.9 Å². The van der Waals surface area contributed by atoms with Gasteiger partial charge in [-0.15, -0.1) is 0 Å². The largest absolute Gasteiger partial charge is 0.462 e. The summed E-state index contributed by atoms with van der Waals surface area (Å²) in [5.41, 5.74) is 6.54. The Kier molecular flexibility index (Phi) is 6.44. The Morgan fingerprint density at radius 3 is 2.25 bits per heavy atom. The first-order valence-corrected chi connectivity index (χ1v) is 11.9. The second-order valence-electron chi connectivity index (χ2n) is 8.28. The normalized spacial score (nSPS) is 11.0. The van der Waals surface area contributed by atoms with Crippen LogP contribution in [0, 0.1) is 12.7 Å². The van der Waals surface area contributed by atoms with Gasteiger partial charge in [-0.05, 0) is 74.0 Å². The highest BCUT2D eigenvalue weighted by atomic mass is 35.5. The molecular weight excluding hydrogens is 477 g/mol. The summed E-state index contributed by atoms with van der Waals surface area (Å²) in [6.07, 6.45) is 3.61. The van der Waals surface area contributed by atoms with E-state index in [9.17, 15) is 9.18 Å². The van der Waals surface area contributed by atoms with Crippen molar-refractivity contribution in [1.82, 2.24) is 14.1 Å². The Hall–Kier alpha value is -4.16. The highest BCUT2D eigenvalue weighted by molar-refractivity contribution is 6.30. The number of hydrogen-bond donors (Lipinski definition) is 0. The lowest BCUT2D eigenvalue weighted by Crippen LogP contribution is -2.06. The molecule has 0 aliphatic heterocycles. The van der Waals surface area contributed by atoms with Crippen LogP contribution in [0.2, 0.25) is 5.02 Å². The molecule has 5 rings (SSSR count). The molecule has 0 aliphatic carbocycles. The number of rotatable bonds is 6. The Morgan fingerprint density at radius 1 is 0.944 bits per heavy atom. The van der Waals surface area contributed by atoms with Gasteiger partial charge in [0.25, 0.3) is 0 Å². The van der Waals surface area contributed by atoms with Crippen LogP contribution in [0.15, 0.2) is 91.4 Å². The van der Waals surface area contributed by atoms with Crippen molar-refractivity contribution in [3.63, 3.8) is 0 Å². The molecule has 0 saturated carbocycles. The molecule has 0 saturated heterocycles. The second-order valence-corrected chi connectivity index (χ2v) is 8.72. The summed E-state index contributed by atoms with van der Waals surface area (Å²) in [5.74, 6) is -0.633. The van der Waals surface area contributed by atoms with Gasteiger partial charge in [-0.1, -0.05) is 35.9 Å². The zero-order chi connectivity index (χ0) is 25.2. The first kappa shape index (κ1) is 23.6. The summed E-state index contributed by atoms with van der Waals surface area (Å²) in [6.45, 7) is 4.00. The Bertz CT molecular complexity index is 1520. The Labute approximate surface area is 213 Å². The molecule has 180 valence electrons. The fourth-order valence-electron chi connectivity index (χ4n) is 4.20. The first-order chi connectivity index (χ1) is 17.4. The molecule has 36 heavy (non-hydrogen) atoms. The number of esters is 1. The highest BCUT2D eigenvalue weighted by Gasteiger charge is 2.20. The van der Waals surface area contributed by atoms with E-state index in [1.54, 1.807) is 25.4 Å². The van der Waals surface area contributed by atoms with Crippen molar-refractivity contribution in [2.24, 2.45) is 0 Å². The monoisotopic (exact) mass is 499 g/mol. The molecule has 0 spiro atoms. The molecule has 2 aromatic heterocycles. The van der Waals surface area contributed by atoms with Crippen LogP contribution in [0.1, 0.15) is 23.0 Å². The van der Waals surface area contributed by atoms with Crippen molar-refractivity contribution < 1.29 is 13.9 Å². The lowest BCUT2D eigenvalue weighted by atomic mass is 10.1. The lowest BCUT2D eigenvalue weighted by Gasteiger charge is -2.13. The van der Waals surface area contributed by atoms with E-state index in [-0.39, 0.29) is 11.8 Å². The third-order valence-electron chi connectivity index (χ3n) is 6.01. The summed E-state index contributed by atoms with van der Waals surface area (Å²) < 4.78 is 22.4. The molecule has 0 atom stereocenters. The minimum Gasteiger partial charge on any atom is -0.462 e. The van der Waals surface area contributed by atoms with Gasteiger partial charge in [-0.3, -0.25) is 0 Å². The number of halogens is 2. The summed E-state index contributed by atoms with van der Waals surface area (Å²) >= 11 is 6.10. The average molecular weight is 500 g/mol. The second kappa shape index (κ2) is 9.84. The molecule has 5 aromatic rings. The third kappa shape index (κ3) is 4.55. The molecule has 0 fully saturated rings. The number of nitrogens with zero attached hydrogens (tertiary/aromatic N) is 3. The van der Waals surface area contributed by atoms with E-state index >= 15 is 0 Å². The van der Waals surface area contributed by atoms with Gasteiger partial charge in [-0.25, -0.2) is 14.2 Å². The van der Waals surface area contributed by atoms with Crippen molar-refractivity contribution in [3.05, 3.63) is 113 Å². The van der Waals surface area contributed by atoms with E-state index in [2.05, 4.69) is 4.98 Å². The Balaban J connectivity index is 1.52. The van der Waals surface area contributed by atoms with E-state index in [0.717, 1.165) is 39.6 Å². The van der Waals surface area contributed by atoms with Gasteiger partial charge in [0.2, 0.25) is 0 Å². The molecule has 0 N–H and O–H groups in total. The van der Waals surface area contributed by atoms with Crippen LogP contribution in [0.4, 0.5) is 4.39 Å². The number of benzene rings is 3. The van der Waals surface area contributed by atoms with Crippen molar-refractivity contribution in [1.29, 1.82) is 0 Å². The van der Waals surface area contributed by atoms with Crippen molar-refractivity contribution in [2.75, 3.05) is 6.61 Å². The van der Waals surface area contributed by atoms with Gasteiger partial charge in [0.1, 0.15) is 5.82 Å². The summed E-state index contributed by atoms with van der Waals surface area (Å²) in [4.78, 5) is 17.2. The maximum atomic E-state index is 13.3. The maximum Gasteiger partial charge on any atom is 0.339 e. The standard InChI is InChI=1S/C29H23ClFN3O2/c1-3-36-29(35)26-16-28(21-4-8-22(30)9-5-21)34(19(26)2)25-12-6-20(7-13-25)27-17-33(18-32-27)24-14-10-23(31)11-15-24/h4-18H,3H2,1-2H3. The maximum absolute atomic E-state index is 13.3. The van der Waals surface area contributed by atoms with Crippen LogP contribution in [-0.4, -0.2) is 26.7 Å². The van der Waals surface area contributed by atoms with E-state index < -0.39 is 0 Å². The summed E-state index contributed by atoms with van der Waals surface area (Å²) in [6, 6.07) is 23.6. The molecule has 0 bridgehead atoms. The molecule has 3 aromatic carbocycles. The highest BCUT2D eigenvalue weighted by Crippen LogP contribution is 2.32. The fraction of sp³-hybridized carbons (Fsp3) is 0.103. The van der Waals surface area contributed by atoms with E-state index in [0.29, 0.717) is 17.2 Å². The average Bonchev–Trinajstić information content (AvgIpc) is 3.51. The summed E-state index contributed by atoms with van der Waals surface area (Å²) in [7, 11) is 0. The predicted octanol–water partition coefficient (Wildman–Crippen LogP) is 7.27. The number of imidazole rings is 1. The minimum atomic E-state index is -0.355. The van der Waals surface area contributed by atoms with Gasteiger partial charge in [-0.2, -0.15) is 0 Å². The zero-order valence-electron chi connectivity index (χ0n) is 19.8. The van der Waals surface area contributed by atoms with Gasteiger partial charge < -0.3 is 13.9 Å². The lowest BCUT2D eigenvalue weighted by molar-refractivity contribution is 0.0525. The van der Waals surface area contributed by atoms with Gasteiger partial charge >= 0.3 is 5.97 Å². The van der Waals surface area contributed by atoms with Gasteiger partial charge in [0, 0.05) is 33.9 Å². The molecule has 0 amide bonds. The number of carbonyl (C=O) groups is 1. The van der Waals surface area contributed by atoms with E-state index in [4.69, 9.17) is 16.3 Å². The van der Waals surface area contributed by atoms with E-state index in [1.165, 1.54) is 12.1 Å². The molecule has 2 heterocycles. The third-order valence-corrected chi connectivity index (χ3v) is 6.26. The van der Waals surface area contributed by atoms with Crippen LogP contribution < -0.4 is 0 Å². The van der Waals surface area contributed by atoms with Crippen molar-refractivity contribution >= 4 is 17.6 Å². The molecule has 0 aliphatic rings. The number of aromatic nitrogens is 3. The molecule has 5 nitrogen and oxygen atoms in total. The van der Waals surface area contributed by atoms with Crippen LogP contribution in [0.5, 0.6) is 0 Å². The Morgan fingerprint density at radius 2 is 1.58 bits per heavy atom. The molecule has 7 heteroatoms. The molecule has 0 radical (unpaired) electrons. The van der Waals surface area contributed by atoms with E-state index in [1.807, 2.05) is 76.9 Å². The minimum absolute atomic E-state index is 0.279. The van der Waals surface area contributed by atoms with Crippen LogP contribution >= 0.6 is 11.6 Å². The number of ether oxygens (including phenoxy) is 1. The fourth-order valence-corrected chi connectivity index (χ4v) is 4.32. The quantitative estimate of drug-likeness (QED) is 0.231. The molecular formula is C29H23ClFN3O2. The SMILES string of the molecule is CCOC(=O)c1cc(-c2ccc(Cl)cc2)n(-c2ccc(-c3cn(-c4ccc(F)cc4)cn3)cc2)c1C. The van der Waals surface area contributed by atoms with Gasteiger partial charge in [0.15, 0.2) is 0 Å².